The minimum Gasteiger partial charge on any atom is -0.485 e. The molecule has 0 radical (unpaired) electrons. The second-order valence-electron chi connectivity index (χ2n) is 5.56. The Morgan fingerprint density at radius 2 is 1.90 bits per heavy atom. The highest BCUT2D eigenvalue weighted by Crippen LogP contribution is 2.31. The van der Waals surface area contributed by atoms with Gasteiger partial charge in [-0.3, -0.25) is 4.79 Å². The maximum atomic E-state index is 12.1. The van der Waals surface area contributed by atoms with Gasteiger partial charge in [0.25, 0.3) is 0 Å². The highest BCUT2D eigenvalue weighted by molar-refractivity contribution is 9.11. The Hall–Kier alpha value is -1.13. The van der Waals surface area contributed by atoms with Gasteiger partial charge < -0.3 is 4.74 Å². The SMILES string of the molecule is CC(C)(C)c1ccccc1OCC(=O)c1ccc(Br)s1. The number of hydrogen-bond donors (Lipinski definition) is 0. The second kappa shape index (κ2) is 6.10. The molecule has 0 N–H and O–H groups in total. The van der Waals surface area contributed by atoms with Crippen molar-refractivity contribution in [1.82, 2.24) is 0 Å². The minimum atomic E-state index is -0.00833. The Balaban J connectivity index is 2.10. The van der Waals surface area contributed by atoms with Crippen molar-refractivity contribution in [3.8, 4) is 5.75 Å². The number of benzene rings is 1. The number of ether oxygens (including phenoxy) is 1. The van der Waals surface area contributed by atoms with E-state index in [0.717, 1.165) is 15.1 Å². The number of ketones is 1. The van der Waals surface area contributed by atoms with Gasteiger partial charge >= 0.3 is 0 Å². The molecular formula is C16H17BrO2S. The fourth-order valence-electron chi connectivity index (χ4n) is 1.89. The van der Waals surface area contributed by atoms with E-state index in [-0.39, 0.29) is 17.8 Å². The highest BCUT2D eigenvalue weighted by atomic mass is 79.9. The molecule has 0 bridgehead atoms. The first-order valence-electron chi connectivity index (χ1n) is 6.39. The Morgan fingerprint density at radius 3 is 2.50 bits per heavy atom. The minimum absolute atomic E-state index is 0.00409. The standard InChI is InChI=1S/C16H17BrO2S/c1-16(2,3)11-6-4-5-7-13(11)19-10-12(18)14-8-9-15(17)20-14/h4-9H,10H2,1-3H3. The van der Waals surface area contributed by atoms with Gasteiger partial charge in [-0.1, -0.05) is 39.0 Å². The molecule has 0 spiro atoms. The van der Waals surface area contributed by atoms with Crippen molar-refractivity contribution in [3.05, 3.63) is 50.6 Å². The lowest BCUT2D eigenvalue weighted by molar-refractivity contribution is 0.0924. The third kappa shape index (κ3) is 3.70. The van der Waals surface area contributed by atoms with Crippen molar-refractivity contribution >= 4 is 33.0 Å². The molecule has 2 rings (SSSR count). The highest BCUT2D eigenvalue weighted by Gasteiger charge is 2.19. The lowest BCUT2D eigenvalue weighted by atomic mass is 9.86. The number of carbonyl (C=O) groups excluding carboxylic acids is 1. The predicted octanol–water partition coefficient (Wildman–Crippen LogP) is 5.07. The van der Waals surface area contributed by atoms with Crippen LogP contribution >= 0.6 is 27.3 Å². The van der Waals surface area contributed by atoms with Crippen LogP contribution in [-0.2, 0) is 5.41 Å². The van der Waals surface area contributed by atoms with Crippen LogP contribution in [0.1, 0.15) is 36.0 Å². The maximum absolute atomic E-state index is 12.1. The van der Waals surface area contributed by atoms with Crippen molar-refractivity contribution in [2.75, 3.05) is 6.61 Å². The lowest BCUT2D eigenvalue weighted by Gasteiger charge is -2.22. The molecule has 0 saturated carbocycles. The summed E-state index contributed by atoms with van der Waals surface area (Å²) in [5.74, 6) is 0.786. The summed E-state index contributed by atoms with van der Waals surface area (Å²) in [6, 6.07) is 11.6. The van der Waals surface area contributed by atoms with Crippen molar-refractivity contribution in [2.45, 2.75) is 26.2 Å². The number of Topliss-reactive ketones (excluding diaryl/α,β-unsaturated/α-hetero) is 1. The molecule has 0 fully saturated rings. The van der Waals surface area contributed by atoms with E-state index in [1.165, 1.54) is 11.3 Å². The van der Waals surface area contributed by atoms with Crippen LogP contribution in [0.4, 0.5) is 0 Å². The number of rotatable bonds is 4. The largest absolute Gasteiger partial charge is 0.485 e. The summed E-state index contributed by atoms with van der Waals surface area (Å²) in [5, 5.41) is 0. The molecule has 0 atom stereocenters. The van der Waals surface area contributed by atoms with Gasteiger partial charge in [0.15, 0.2) is 6.61 Å². The van der Waals surface area contributed by atoms with Crippen molar-refractivity contribution in [3.63, 3.8) is 0 Å². The first-order chi connectivity index (χ1) is 9.38. The van der Waals surface area contributed by atoms with E-state index >= 15 is 0 Å². The lowest BCUT2D eigenvalue weighted by Crippen LogP contribution is -2.16. The molecule has 1 aromatic heterocycles. The van der Waals surface area contributed by atoms with Gasteiger partial charge in [0.05, 0.1) is 8.66 Å². The molecular weight excluding hydrogens is 336 g/mol. The molecule has 1 aromatic carbocycles. The topological polar surface area (TPSA) is 26.3 Å². The Bertz CT molecular complexity index is 611. The fourth-order valence-corrected chi connectivity index (χ4v) is 3.20. The van der Waals surface area contributed by atoms with Gasteiger partial charge in [0.1, 0.15) is 5.75 Å². The van der Waals surface area contributed by atoms with Gasteiger partial charge in [-0.15, -0.1) is 11.3 Å². The molecule has 2 aromatic rings. The maximum Gasteiger partial charge on any atom is 0.210 e. The molecule has 20 heavy (non-hydrogen) atoms. The van der Waals surface area contributed by atoms with Crippen LogP contribution < -0.4 is 4.74 Å². The zero-order valence-electron chi connectivity index (χ0n) is 11.8. The average molecular weight is 353 g/mol. The second-order valence-corrected chi connectivity index (χ2v) is 8.02. The average Bonchev–Trinajstić information content (AvgIpc) is 2.82. The molecule has 0 amide bonds. The van der Waals surface area contributed by atoms with Crippen LogP contribution in [0.25, 0.3) is 0 Å². The summed E-state index contributed by atoms with van der Waals surface area (Å²) < 4.78 is 6.69. The summed E-state index contributed by atoms with van der Waals surface area (Å²) in [7, 11) is 0. The summed E-state index contributed by atoms with van der Waals surface area (Å²) in [4.78, 5) is 12.8. The van der Waals surface area contributed by atoms with Crippen LogP contribution in [0.3, 0.4) is 0 Å². The van der Waals surface area contributed by atoms with Gasteiger partial charge in [0.2, 0.25) is 5.78 Å². The monoisotopic (exact) mass is 352 g/mol. The number of thiophene rings is 1. The zero-order chi connectivity index (χ0) is 14.8. The van der Waals surface area contributed by atoms with Crippen LogP contribution in [0, 0.1) is 0 Å². The summed E-state index contributed by atoms with van der Waals surface area (Å²) in [6.07, 6.45) is 0. The molecule has 0 aliphatic carbocycles. The van der Waals surface area contributed by atoms with E-state index in [1.54, 1.807) is 0 Å². The number of carbonyl (C=O) groups is 1. The van der Waals surface area contributed by atoms with Gasteiger partial charge in [-0.25, -0.2) is 0 Å². The summed E-state index contributed by atoms with van der Waals surface area (Å²) >= 11 is 4.79. The molecule has 0 aliphatic rings. The predicted molar refractivity (Wildman–Crippen MR) is 87.0 cm³/mol. The van der Waals surface area contributed by atoms with E-state index < -0.39 is 0 Å². The fraction of sp³-hybridized carbons (Fsp3) is 0.312. The summed E-state index contributed by atoms with van der Waals surface area (Å²) in [6.45, 7) is 6.47. The van der Waals surface area contributed by atoms with E-state index in [2.05, 4.69) is 36.7 Å². The van der Waals surface area contributed by atoms with Crippen LogP contribution in [0.5, 0.6) is 5.75 Å². The van der Waals surface area contributed by atoms with Gasteiger partial charge in [0, 0.05) is 0 Å². The molecule has 4 heteroatoms. The third-order valence-corrected chi connectivity index (χ3v) is 4.57. The number of hydrogen-bond acceptors (Lipinski definition) is 3. The van der Waals surface area contributed by atoms with Crippen molar-refractivity contribution in [2.24, 2.45) is 0 Å². The normalized spacial score (nSPS) is 11.4. The Morgan fingerprint density at radius 1 is 1.20 bits per heavy atom. The third-order valence-electron chi connectivity index (χ3n) is 2.90. The number of para-hydroxylation sites is 1. The first-order valence-corrected chi connectivity index (χ1v) is 8.00. The first kappa shape index (κ1) is 15.3. The van der Waals surface area contributed by atoms with E-state index in [1.807, 2.05) is 36.4 Å². The molecule has 106 valence electrons. The van der Waals surface area contributed by atoms with E-state index in [4.69, 9.17) is 4.74 Å². The van der Waals surface area contributed by atoms with Crippen LogP contribution in [0.2, 0.25) is 0 Å². The Labute approximate surface area is 131 Å². The van der Waals surface area contributed by atoms with Crippen molar-refractivity contribution in [1.29, 1.82) is 0 Å². The Kier molecular flexibility index (Phi) is 4.66. The van der Waals surface area contributed by atoms with Crippen LogP contribution in [-0.4, -0.2) is 12.4 Å². The van der Waals surface area contributed by atoms with Gasteiger partial charge in [-0.05, 0) is 45.1 Å². The molecule has 1 heterocycles. The number of halogens is 1. The zero-order valence-corrected chi connectivity index (χ0v) is 14.2. The molecule has 2 nitrogen and oxygen atoms in total. The van der Waals surface area contributed by atoms with Gasteiger partial charge in [-0.2, -0.15) is 0 Å². The molecule has 0 saturated heterocycles. The summed E-state index contributed by atoms with van der Waals surface area (Å²) in [5.41, 5.74) is 1.10. The van der Waals surface area contributed by atoms with Crippen LogP contribution in [0.15, 0.2) is 40.2 Å². The quantitative estimate of drug-likeness (QED) is 0.718. The smallest absolute Gasteiger partial charge is 0.210 e. The molecule has 0 aliphatic heterocycles. The van der Waals surface area contributed by atoms with E-state index in [0.29, 0.717) is 4.88 Å². The molecule has 0 unspecified atom stereocenters. The van der Waals surface area contributed by atoms with Crippen molar-refractivity contribution < 1.29 is 9.53 Å². The van der Waals surface area contributed by atoms with E-state index in [9.17, 15) is 4.79 Å².